The van der Waals surface area contributed by atoms with Gasteiger partial charge >= 0.3 is 0 Å². The van der Waals surface area contributed by atoms with Crippen LogP contribution in [0.2, 0.25) is 0 Å². The molecule has 0 spiro atoms. The Kier molecular flexibility index (Phi) is 4.68. The summed E-state index contributed by atoms with van der Waals surface area (Å²) in [5.74, 6) is 1.30. The highest BCUT2D eigenvalue weighted by atomic mass is 32.1. The number of nitrogens with zero attached hydrogens (tertiary/aromatic N) is 5. The number of ether oxygens (including phenoxy) is 2. The zero-order chi connectivity index (χ0) is 20.1. The van der Waals surface area contributed by atoms with E-state index in [4.69, 9.17) is 20.3 Å². The topological polar surface area (TPSA) is 90.8 Å². The second-order valence-electron chi connectivity index (χ2n) is 8.10. The zero-order valence-corrected chi connectivity index (χ0v) is 17.7. The molecule has 0 aromatic carbocycles. The lowest BCUT2D eigenvalue weighted by Gasteiger charge is -2.29. The van der Waals surface area contributed by atoms with E-state index in [0.29, 0.717) is 17.7 Å². The fraction of sp³-hybridized carbons (Fsp3) is 0.550. The minimum atomic E-state index is 0.197. The molecule has 0 aliphatic carbocycles. The molecule has 3 atom stereocenters. The molecule has 29 heavy (non-hydrogen) atoms. The molecule has 2 aliphatic heterocycles. The number of imidazole rings is 1. The summed E-state index contributed by atoms with van der Waals surface area (Å²) in [6.07, 6.45) is 2.96. The van der Waals surface area contributed by atoms with Crippen molar-refractivity contribution in [2.75, 3.05) is 31.7 Å². The molecule has 8 nitrogen and oxygen atoms in total. The van der Waals surface area contributed by atoms with Crippen molar-refractivity contribution in [3.63, 3.8) is 0 Å². The number of nitrogens with two attached hydrogens (primary N) is 1. The second kappa shape index (κ2) is 7.23. The summed E-state index contributed by atoms with van der Waals surface area (Å²) in [5.41, 5.74) is 9.09. The summed E-state index contributed by atoms with van der Waals surface area (Å²) in [6.45, 7) is 6.70. The molecule has 3 aromatic heterocycles. The first-order valence-corrected chi connectivity index (χ1v) is 10.9. The highest BCUT2D eigenvalue weighted by molar-refractivity contribution is 7.20. The Bertz CT molecular complexity index is 1030. The van der Waals surface area contributed by atoms with Crippen molar-refractivity contribution >= 4 is 21.4 Å². The van der Waals surface area contributed by atoms with Gasteiger partial charge in [0.1, 0.15) is 0 Å². The van der Waals surface area contributed by atoms with E-state index in [9.17, 15) is 0 Å². The summed E-state index contributed by atoms with van der Waals surface area (Å²) in [7, 11) is 1.65. The average molecular weight is 415 g/mol. The van der Waals surface area contributed by atoms with Crippen molar-refractivity contribution in [2.24, 2.45) is 11.7 Å². The van der Waals surface area contributed by atoms with Crippen LogP contribution >= 0.6 is 11.3 Å². The molecule has 154 valence electrons. The van der Waals surface area contributed by atoms with E-state index in [0.717, 1.165) is 53.2 Å². The van der Waals surface area contributed by atoms with E-state index in [-0.39, 0.29) is 12.1 Å². The predicted molar refractivity (Wildman–Crippen MR) is 113 cm³/mol. The maximum Gasteiger partial charge on any atom is 0.222 e. The van der Waals surface area contributed by atoms with E-state index < -0.39 is 0 Å². The number of hydrogen-bond acceptors (Lipinski definition) is 8. The lowest BCUT2D eigenvalue weighted by Crippen LogP contribution is -2.43. The molecular weight excluding hydrogens is 388 g/mol. The van der Waals surface area contributed by atoms with Crippen LogP contribution in [-0.2, 0) is 4.74 Å². The van der Waals surface area contributed by atoms with Crippen LogP contribution < -0.4 is 15.4 Å². The lowest BCUT2D eigenvalue weighted by molar-refractivity contribution is -0.00904. The number of pyridine rings is 1. The molecule has 0 amide bonds. The molecule has 2 aliphatic rings. The first-order valence-electron chi connectivity index (χ1n) is 10.1. The first-order chi connectivity index (χ1) is 14.0. The molecule has 2 fully saturated rings. The van der Waals surface area contributed by atoms with E-state index >= 15 is 0 Å². The molecule has 2 N–H and O–H groups in total. The van der Waals surface area contributed by atoms with Gasteiger partial charge in [-0.1, -0.05) is 25.2 Å². The Balaban J connectivity index is 1.48. The quantitative estimate of drug-likeness (QED) is 0.701. The highest BCUT2D eigenvalue weighted by Gasteiger charge is 2.41. The molecule has 0 radical (unpaired) electrons. The van der Waals surface area contributed by atoms with Gasteiger partial charge in [-0.3, -0.25) is 0 Å². The number of fused-ring (bicyclic) bond motifs is 2. The predicted octanol–water partition coefficient (Wildman–Crippen LogP) is 2.54. The van der Waals surface area contributed by atoms with Crippen molar-refractivity contribution in [3.05, 3.63) is 24.0 Å². The van der Waals surface area contributed by atoms with Crippen LogP contribution in [0.15, 0.2) is 18.3 Å². The molecule has 5 heterocycles. The first kappa shape index (κ1) is 18.8. The number of methoxy groups -OCH3 is 1. The van der Waals surface area contributed by atoms with Crippen LogP contribution in [0, 0.1) is 5.92 Å². The number of anilines is 1. The molecule has 9 heteroatoms. The third kappa shape index (κ3) is 3.17. The number of aromatic nitrogens is 4. The monoisotopic (exact) mass is 414 g/mol. The largest absolute Gasteiger partial charge is 0.480 e. The van der Waals surface area contributed by atoms with E-state index in [1.54, 1.807) is 18.4 Å². The highest BCUT2D eigenvalue weighted by Crippen LogP contribution is 2.36. The maximum atomic E-state index is 6.32. The SMILES string of the molecule is COc1nc(C(C)C)ccc1-c1cnc2sc(N3CC4OCCC(N)C4C3)nn12. The fourth-order valence-corrected chi connectivity index (χ4v) is 5.13. The van der Waals surface area contributed by atoms with Crippen LogP contribution in [0.1, 0.15) is 31.9 Å². The summed E-state index contributed by atoms with van der Waals surface area (Å²) in [6, 6.07) is 4.29. The van der Waals surface area contributed by atoms with E-state index in [1.165, 1.54) is 0 Å². The summed E-state index contributed by atoms with van der Waals surface area (Å²) < 4.78 is 13.4. The van der Waals surface area contributed by atoms with Gasteiger partial charge in [-0.15, -0.1) is 5.10 Å². The van der Waals surface area contributed by atoms with Gasteiger partial charge in [0.15, 0.2) is 0 Å². The van der Waals surface area contributed by atoms with Crippen molar-refractivity contribution in [1.29, 1.82) is 0 Å². The van der Waals surface area contributed by atoms with Crippen molar-refractivity contribution in [1.82, 2.24) is 19.6 Å². The fourth-order valence-electron chi connectivity index (χ4n) is 4.23. The standard InChI is InChI=1S/C20H26N6O2S/c1-11(2)15-5-4-12(18(23-15)27-3)16-8-22-19-26(16)24-20(29-19)25-9-13-14(21)6-7-28-17(13)10-25/h4-5,8,11,13-14,17H,6-7,9-10,21H2,1-3H3. The molecule has 5 rings (SSSR count). The zero-order valence-electron chi connectivity index (χ0n) is 16.9. The minimum Gasteiger partial charge on any atom is -0.480 e. The van der Waals surface area contributed by atoms with Crippen LogP contribution in [0.4, 0.5) is 5.13 Å². The second-order valence-corrected chi connectivity index (χ2v) is 9.04. The van der Waals surface area contributed by atoms with Gasteiger partial charge in [0.05, 0.1) is 30.7 Å². The third-order valence-electron chi connectivity index (χ3n) is 5.93. The molecule has 2 saturated heterocycles. The summed E-state index contributed by atoms with van der Waals surface area (Å²) >= 11 is 1.59. The molecule has 0 saturated carbocycles. The Morgan fingerprint density at radius 2 is 2.17 bits per heavy atom. The van der Waals surface area contributed by atoms with Gasteiger partial charge in [0.25, 0.3) is 0 Å². The van der Waals surface area contributed by atoms with Gasteiger partial charge in [-0.05, 0) is 24.5 Å². The van der Waals surface area contributed by atoms with Crippen LogP contribution in [0.5, 0.6) is 5.88 Å². The van der Waals surface area contributed by atoms with Gasteiger partial charge in [0, 0.05) is 37.4 Å². The van der Waals surface area contributed by atoms with Crippen molar-refractivity contribution in [3.8, 4) is 17.1 Å². The van der Waals surface area contributed by atoms with Crippen LogP contribution in [0.25, 0.3) is 16.2 Å². The number of hydrogen-bond donors (Lipinski definition) is 1. The Hall–Kier alpha value is -2.23. The smallest absolute Gasteiger partial charge is 0.222 e. The summed E-state index contributed by atoms with van der Waals surface area (Å²) in [5, 5.41) is 5.82. The van der Waals surface area contributed by atoms with E-state index in [2.05, 4.69) is 28.7 Å². The third-order valence-corrected chi connectivity index (χ3v) is 6.91. The maximum absolute atomic E-state index is 6.32. The molecule has 0 bridgehead atoms. The van der Waals surface area contributed by atoms with Crippen LogP contribution in [-0.4, -0.2) is 58.5 Å². The molecule has 3 unspecified atom stereocenters. The Morgan fingerprint density at radius 3 is 2.93 bits per heavy atom. The van der Waals surface area contributed by atoms with Gasteiger partial charge in [-0.2, -0.15) is 0 Å². The van der Waals surface area contributed by atoms with Gasteiger partial charge < -0.3 is 20.1 Å². The van der Waals surface area contributed by atoms with Crippen molar-refractivity contribution in [2.45, 2.75) is 38.3 Å². The lowest BCUT2D eigenvalue weighted by atomic mass is 9.93. The Morgan fingerprint density at radius 1 is 1.31 bits per heavy atom. The van der Waals surface area contributed by atoms with Gasteiger partial charge in [-0.25, -0.2) is 14.5 Å². The van der Waals surface area contributed by atoms with Crippen molar-refractivity contribution < 1.29 is 9.47 Å². The number of rotatable bonds is 4. The molecule has 3 aromatic rings. The Labute approximate surface area is 173 Å². The van der Waals surface area contributed by atoms with Crippen LogP contribution in [0.3, 0.4) is 0 Å². The van der Waals surface area contributed by atoms with Gasteiger partial charge in [0.2, 0.25) is 16.0 Å². The average Bonchev–Trinajstić information content (AvgIpc) is 3.41. The summed E-state index contributed by atoms with van der Waals surface area (Å²) in [4.78, 5) is 12.4. The normalized spacial score (nSPS) is 24.4. The molecular formula is C20H26N6O2S. The van der Waals surface area contributed by atoms with E-state index in [1.807, 2.05) is 22.8 Å². The minimum absolute atomic E-state index is 0.197.